The van der Waals surface area contributed by atoms with Gasteiger partial charge in [-0.3, -0.25) is 19.4 Å². The maximum absolute atomic E-state index is 11.3. The maximum Gasteiger partial charge on any atom is 0.155 e. The highest BCUT2D eigenvalue weighted by Crippen LogP contribution is 2.28. The largest absolute Gasteiger partial charge is 0.486 e. The van der Waals surface area contributed by atoms with Crippen LogP contribution in [-0.2, 0) is 6.61 Å². The van der Waals surface area contributed by atoms with Gasteiger partial charge in [-0.2, -0.15) is 5.10 Å². The number of hydrogen-bond acceptors (Lipinski definition) is 5. The molecular formula is C18H16ClIN4O2. The molecule has 0 atom stereocenters. The van der Waals surface area contributed by atoms with Crippen molar-refractivity contribution in [2.75, 3.05) is 0 Å². The van der Waals surface area contributed by atoms with Gasteiger partial charge < -0.3 is 4.74 Å². The number of aldehydes is 1. The standard InChI is InChI=1S/C18H16ClIN4O2/c1-11(2)24-15(6-17(20)23-24)18-12(4-3-5-22-18)10-26-16-8-21-7-14(19)13(16)9-25/h3-9,11H,10H2,1-2H3. The molecule has 26 heavy (non-hydrogen) atoms. The highest BCUT2D eigenvalue weighted by atomic mass is 127. The Bertz CT molecular complexity index is 943. The Hall–Kier alpha value is -2.00. The van der Waals surface area contributed by atoms with Crippen LogP contribution in [0.1, 0.15) is 35.8 Å². The molecule has 0 radical (unpaired) electrons. The van der Waals surface area contributed by atoms with Crippen LogP contribution in [0.25, 0.3) is 11.4 Å². The summed E-state index contributed by atoms with van der Waals surface area (Å²) in [7, 11) is 0. The lowest BCUT2D eigenvalue weighted by molar-refractivity contribution is 0.111. The molecule has 0 N–H and O–H groups in total. The molecule has 3 heterocycles. The molecule has 0 unspecified atom stereocenters. The fourth-order valence-corrected chi connectivity index (χ4v) is 3.25. The first kappa shape index (κ1) is 18.8. The molecule has 8 heteroatoms. The van der Waals surface area contributed by atoms with Gasteiger partial charge in [0.1, 0.15) is 16.1 Å². The van der Waals surface area contributed by atoms with Gasteiger partial charge in [-0.15, -0.1) is 0 Å². The van der Waals surface area contributed by atoms with Crippen molar-refractivity contribution in [3.63, 3.8) is 0 Å². The third-order valence-corrected chi connectivity index (χ3v) is 4.56. The topological polar surface area (TPSA) is 69.9 Å². The highest BCUT2D eigenvalue weighted by molar-refractivity contribution is 14.1. The van der Waals surface area contributed by atoms with E-state index in [0.717, 1.165) is 20.7 Å². The SMILES string of the molecule is CC(C)n1nc(I)cc1-c1ncccc1COc1cncc(Cl)c1C=O. The number of aromatic nitrogens is 4. The number of carbonyl (C=O) groups excluding carboxylic acids is 1. The molecule has 3 aromatic heterocycles. The van der Waals surface area contributed by atoms with Gasteiger partial charge in [0, 0.05) is 24.0 Å². The van der Waals surface area contributed by atoms with Crippen LogP contribution in [-0.4, -0.2) is 26.0 Å². The van der Waals surface area contributed by atoms with Gasteiger partial charge in [0.25, 0.3) is 0 Å². The zero-order valence-corrected chi connectivity index (χ0v) is 17.1. The second-order valence-corrected chi connectivity index (χ2v) is 7.35. The lowest BCUT2D eigenvalue weighted by Gasteiger charge is -2.14. The molecule has 0 aliphatic rings. The highest BCUT2D eigenvalue weighted by Gasteiger charge is 2.17. The van der Waals surface area contributed by atoms with E-state index in [1.54, 1.807) is 6.20 Å². The quantitative estimate of drug-likeness (QED) is 0.380. The van der Waals surface area contributed by atoms with Crippen molar-refractivity contribution in [3.8, 4) is 17.1 Å². The minimum atomic E-state index is 0.197. The molecular weight excluding hydrogens is 467 g/mol. The molecule has 3 rings (SSSR count). The summed E-state index contributed by atoms with van der Waals surface area (Å²) in [5.41, 5.74) is 2.87. The van der Waals surface area contributed by atoms with E-state index in [1.807, 2.05) is 22.9 Å². The van der Waals surface area contributed by atoms with E-state index >= 15 is 0 Å². The molecule has 0 aliphatic heterocycles. The van der Waals surface area contributed by atoms with Crippen LogP contribution in [0.4, 0.5) is 0 Å². The van der Waals surface area contributed by atoms with Crippen molar-refractivity contribution < 1.29 is 9.53 Å². The minimum absolute atomic E-state index is 0.197. The van der Waals surface area contributed by atoms with Gasteiger partial charge in [-0.25, -0.2) is 0 Å². The van der Waals surface area contributed by atoms with E-state index < -0.39 is 0 Å². The predicted octanol–water partition coefficient (Wildman–Crippen LogP) is 4.57. The normalized spacial score (nSPS) is 11.0. The Labute approximate surface area is 169 Å². The van der Waals surface area contributed by atoms with Gasteiger partial charge in [-0.1, -0.05) is 17.7 Å². The van der Waals surface area contributed by atoms with Crippen molar-refractivity contribution in [2.45, 2.75) is 26.5 Å². The Kier molecular flexibility index (Phi) is 5.87. The average molecular weight is 483 g/mol. The van der Waals surface area contributed by atoms with Crippen LogP contribution < -0.4 is 4.74 Å². The van der Waals surface area contributed by atoms with Gasteiger partial charge >= 0.3 is 0 Å². The van der Waals surface area contributed by atoms with Crippen LogP contribution >= 0.6 is 34.2 Å². The van der Waals surface area contributed by atoms with E-state index in [9.17, 15) is 4.79 Å². The average Bonchev–Trinajstić information content (AvgIpc) is 3.02. The summed E-state index contributed by atoms with van der Waals surface area (Å²) in [6.45, 7) is 4.37. The first-order valence-corrected chi connectivity index (χ1v) is 9.37. The summed E-state index contributed by atoms with van der Waals surface area (Å²) >= 11 is 8.19. The summed E-state index contributed by atoms with van der Waals surface area (Å²) in [5.74, 6) is 0.342. The molecule has 0 spiro atoms. The summed E-state index contributed by atoms with van der Waals surface area (Å²) in [5, 5.41) is 4.79. The van der Waals surface area contributed by atoms with Crippen LogP contribution in [0.5, 0.6) is 5.75 Å². The predicted molar refractivity (Wildman–Crippen MR) is 108 cm³/mol. The van der Waals surface area contributed by atoms with Crippen molar-refractivity contribution in [1.29, 1.82) is 0 Å². The van der Waals surface area contributed by atoms with Crippen molar-refractivity contribution in [1.82, 2.24) is 19.7 Å². The zero-order valence-electron chi connectivity index (χ0n) is 14.2. The first-order chi connectivity index (χ1) is 12.5. The number of carbonyl (C=O) groups is 1. The van der Waals surface area contributed by atoms with Gasteiger partial charge in [-0.05, 0) is 48.6 Å². The summed E-state index contributed by atoms with van der Waals surface area (Å²) in [4.78, 5) is 19.8. The third kappa shape index (κ3) is 3.88. The van der Waals surface area contributed by atoms with E-state index in [4.69, 9.17) is 16.3 Å². The molecule has 0 aliphatic carbocycles. The van der Waals surface area contributed by atoms with E-state index in [-0.39, 0.29) is 23.2 Å². The Morgan fingerprint density at radius 3 is 2.92 bits per heavy atom. The molecule has 0 amide bonds. The van der Waals surface area contributed by atoms with Gasteiger partial charge in [0.2, 0.25) is 0 Å². The molecule has 134 valence electrons. The zero-order chi connectivity index (χ0) is 18.7. The Morgan fingerprint density at radius 1 is 1.38 bits per heavy atom. The lowest BCUT2D eigenvalue weighted by Crippen LogP contribution is -2.08. The van der Waals surface area contributed by atoms with E-state index in [2.05, 4.69) is 51.5 Å². The van der Waals surface area contributed by atoms with Crippen LogP contribution in [0.3, 0.4) is 0 Å². The third-order valence-electron chi connectivity index (χ3n) is 3.73. The number of hydrogen-bond donors (Lipinski definition) is 0. The Balaban J connectivity index is 1.94. The second kappa shape index (κ2) is 8.13. The smallest absolute Gasteiger partial charge is 0.155 e. The second-order valence-electron chi connectivity index (χ2n) is 5.84. The van der Waals surface area contributed by atoms with E-state index in [1.165, 1.54) is 12.4 Å². The maximum atomic E-state index is 11.3. The number of nitrogens with zero attached hydrogens (tertiary/aromatic N) is 4. The molecule has 0 saturated heterocycles. The van der Waals surface area contributed by atoms with Gasteiger partial charge in [0.05, 0.1) is 28.2 Å². The van der Waals surface area contributed by atoms with Gasteiger partial charge in [0.15, 0.2) is 6.29 Å². The molecule has 0 saturated carbocycles. The fraction of sp³-hybridized carbons (Fsp3) is 0.222. The number of ether oxygens (including phenoxy) is 1. The van der Waals surface area contributed by atoms with Crippen molar-refractivity contribution >= 4 is 40.5 Å². The summed E-state index contributed by atoms with van der Waals surface area (Å²) < 4.78 is 8.64. The minimum Gasteiger partial charge on any atom is -0.486 e. The Morgan fingerprint density at radius 2 is 2.19 bits per heavy atom. The lowest BCUT2D eigenvalue weighted by atomic mass is 10.1. The van der Waals surface area contributed by atoms with Crippen molar-refractivity contribution in [3.05, 3.63) is 56.6 Å². The molecule has 3 aromatic rings. The molecule has 6 nitrogen and oxygen atoms in total. The summed E-state index contributed by atoms with van der Waals surface area (Å²) in [6.07, 6.45) is 5.30. The molecule has 0 fully saturated rings. The summed E-state index contributed by atoms with van der Waals surface area (Å²) in [6, 6.07) is 5.97. The first-order valence-electron chi connectivity index (χ1n) is 7.92. The molecule has 0 aromatic carbocycles. The van der Waals surface area contributed by atoms with Crippen LogP contribution in [0, 0.1) is 3.70 Å². The number of halogens is 2. The van der Waals surface area contributed by atoms with Crippen LogP contribution in [0.15, 0.2) is 36.8 Å². The fourth-order valence-electron chi connectivity index (χ4n) is 2.53. The monoisotopic (exact) mass is 482 g/mol. The number of pyridine rings is 2. The van der Waals surface area contributed by atoms with Crippen LogP contribution in [0.2, 0.25) is 5.02 Å². The number of rotatable bonds is 6. The van der Waals surface area contributed by atoms with Crippen molar-refractivity contribution in [2.24, 2.45) is 0 Å². The van der Waals surface area contributed by atoms with E-state index in [0.29, 0.717) is 12.0 Å². The molecule has 0 bridgehead atoms.